The van der Waals surface area contributed by atoms with Gasteiger partial charge in [-0.1, -0.05) is 19.8 Å². The molecule has 3 nitrogen and oxygen atoms in total. The quantitative estimate of drug-likeness (QED) is 0.581. The number of carboxylic acids is 1. The normalized spacial score (nSPS) is 97.7. The van der Waals surface area contributed by atoms with E-state index in [4.69, 9.17) is 10.8 Å². The van der Waals surface area contributed by atoms with Gasteiger partial charge in [0.25, 0.3) is 0 Å². The summed E-state index contributed by atoms with van der Waals surface area (Å²) >= 11 is 0. The van der Waals surface area contributed by atoms with Crippen LogP contribution in [0.1, 0.15) is 32.6 Å². The van der Waals surface area contributed by atoms with Gasteiger partial charge >= 0.3 is 72.4 Å². The molecule has 0 aliphatic carbocycles. The summed E-state index contributed by atoms with van der Waals surface area (Å²) in [6.07, 6.45) is 3.28. The Bertz CT molecular complexity index is 934. The molecular weight excluding hydrogens is 306 g/mol. The van der Waals surface area contributed by atoms with Crippen molar-refractivity contribution >= 4 is 5.97 Å². The Morgan fingerprint density at radius 2 is 1.57 bits per heavy atom. The number of hydrogen-bond donors (Lipinski definition) is 2. The Hall–Kier alpha value is -0.0505. The zero-order valence-corrected chi connectivity index (χ0v) is 13.6. The van der Waals surface area contributed by atoms with Gasteiger partial charge in [0.2, 0.25) is 0 Å². The Morgan fingerprint density at radius 3 is 1.76 bits per heavy atom. The van der Waals surface area contributed by atoms with Gasteiger partial charge in [0.1, 0.15) is 0 Å². The van der Waals surface area contributed by atoms with Crippen molar-refractivity contribution in [1.29, 1.82) is 0 Å². The molecule has 0 bridgehead atoms. The molecule has 0 amide bonds. The molecule has 1 spiro atoms. The Labute approximate surface area is 115 Å². The first kappa shape index (κ1) is 9.95. The third-order valence-electron chi connectivity index (χ3n) is 16.3. The number of unbranched alkanes of at least 4 members (excludes halogenated alkanes) is 2. The van der Waals surface area contributed by atoms with E-state index in [0.29, 0.717) is 6.42 Å². The van der Waals surface area contributed by atoms with Gasteiger partial charge in [-0.05, 0) is 6.42 Å². The predicted molar refractivity (Wildman–Crippen MR) is 77.3 cm³/mol. The maximum absolute atomic E-state index is 9.87. The van der Waals surface area contributed by atoms with Gasteiger partial charge in [0, 0.05) is 6.42 Å². The average Bonchev–Trinajstić information content (AvgIpc) is 3.40. The molecule has 0 saturated carbocycles. The molecule has 3 N–H and O–H groups in total. The van der Waals surface area contributed by atoms with E-state index >= 15 is 0 Å². The number of rotatable bonds is 5. The summed E-state index contributed by atoms with van der Waals surface area (Å²) in [6, 6.07) is 0. The van der Waals surface area contributed by atoms with Gasteiger partial charge in [-0.3, -0.25) is 4.79 Å². The third-order valence-corrected chi connectivity index (χ3v) is 59.3. The van der Waals surface area contributed by atoms with E-state index < -0.39 is 12.5 Å². The first-order chi connectivity index (χ1) is 9.88. The first-order valence-electron chi connectivity index (χ1n) is 9.01. The Kier molecular flexibility index (Phi) is 0.459. The van der Waals surface area contributed by atoms with Crippen LogP contribution in [0.4, 0.5) is 0 Å². The molecule has 0 aromatic carbocycles. The van der Waals surface area contributed by atoms with Crippen molar-refractivity contribution in [3.8, 4) is 0 Å². The maximum atomic E-state index is 9.87. The predicted octanol–water partition coefficient (Wildman–Crippen LogP) is 4.36. The summed E-state index contributed by atoms with van der Waals surface area (Å²) in [5.41, 5.74) is 6.24. The van der Waals surface area contributed by atoms with Crippen molar-refractivity contribution in [1.82, 2.24) is 0 Å². The number of carbonyl (C=O) groups is 1. The van der Waals surface area contributed by atoms with Crippen LogP contribution in [-0.4, -0.2) is 17.6 Å². The minimum atomic E-state index is -2.63. The molecule has 10 aliphatic heterocycles. The Balaban J connectivity index is 0.0000000954. The molecule has 0 aromatic rings. The van der Waals surface area contributed by atoms with Crippen molar-refractivity contribution in [2.45, 2.75) is 80.3 Å². The van der Waals surface area contributed by atoms with E-state index in [0.717, 1.165) is 23.6 Å². The fourth-order valence-electron chi connectivity index (χ4n) is 17.7. The monoisotopic (exact) mass is 331 g/mol. The van der Waals surface area contributed by atoms with Crippen LogP contribution in [0.15, 0.2) is 0 Å². The fourth-order valence-corrected chi connectivity index (χ4v) is 92.6. The second-order valence-electron chi connectivity index (χ2n) is 11.9. The van der Waals surface area contributed by atoms with E-state index in [-0.39, 0.29) is 0 Å². The number of fused-ring (bicyclic) bond motifs is 10. The molecule has 118 valence electrons. The summed E-state index contributed by atoms with van der Waals surface area (Å²) in [7, 11) is 0. The standard InChI is InChI=1S/C6H8N.C6H12O2.C5H5.Fe/c7-5-6-3-1-2-4-6;1-2-3-4-5-6(7)8;1-2-4-5-3-1;/h1-4H,5,7H2;2-5H2,1H3,(H,7,8);1-5H;. The van der Waals surface area contributed by atoms with Crippen molar-refractivity contribution in [2.75, 3.05) is 6.54 Å². The minimum absolute atomic E-state index is 0.327. The Morgan fingerprint density at radius 1 is 1.05 bits per heavy atom. The van der Waals surface area contributed by atoms with Crippen molar-refractivity contribution in [3.63, 3.8) is 0 Å². The summed E-state index contributed by atoms with van der Waals surface area (Å²) in [5, 5.41) is 8.14. The van der Waals surface area contributed by atoms with Crippen molar-refractivity contribution < 1.29 is 16.4 Å². The summed E-state index contributed by atoms with van der Waals surface area (Å²) in [4.78, 5) is 23.1. The van der Waals surface area contributed by atoms with Crippen LogP contribution in [-0.2, 0) is 11.3 Å². The molecule has 10 fully saturated rings. The van der Waals surface area contributed by atoms with Gasteiger partial charge < -0.3 is 5.11 Å². The van der Waals surface area contributed by atoms with E-state index in [2.05, 4.69) is 6.92 Å². The van der Waals surface area contributed by atoms with Crippen LogP contribution < -0.4 is 5.73 Å². The zero-order chi connectivity index (χ0) is 14.1. The average molecular weight is 331 g/mol. The molecule has 0 aromatic heterocycles. The number of nitrogens with two attached hydrogens (primary N) is 1. The van der Waals surface area contributed by atoms with E-state index in [1.165, 1.54) is 49.9 Å². The van der Waals surface area contributed by atoms with Crippen LogP contribution >= 0.6 is 0 Å². The second kappa shape index (κ2) is 0.970. The van der Waals surface area contributed by atoms with Crippen LogP contribution in [0, 0.1) is 0 Å². The number of aliphatic carboxylic acids is 1. The molecule has 4 heteroatoms. The van der Waals surface area contributed by atoms with Gasteiger partial charge in [-0.2, -0.15) is 0 Å². The molecule has 4 unspecified atom stereocenters. The third kappa shape index (κ3) is 0.132. The van der Waals surface area contributed by atoms with Crippen LogP contribution in [0.3, 0.4) is 0 Å². The number of carboxylic acid groups (broad SMARTS) is 1. The molecular formula is C17H25FeNO2. The van der Waals surface area contributed by atoms with Crippen molar-refractivity contribution in [2.24, 2.45) is 5.73 Å². The SMILES string of the molecule is CCCCCC(=O)O.NC[C]12[CH]3[CH]4[CH]5[CH]1[Fe]45321678[CH]2[CH]1[CH]6[CH]7[CH]28. The number of hydrogen-bond acceptors (Lipinski definition) is 2. The van der Waals surface area contributed by atoms with E-state index in [9.17, 15) is 4.79 Å². The summed E-state index contributed by atoms with van der Waals surface area (Å²) in [6.45, 7) is 0.611. The molecule has 4 atom stereocenters. The summed E-state index contributed by atoms with van der Waals surface area (Å²) < 4.78 is 1.01. The first-order valence-corrected chi connectivity index (χ1v) is 15.3. The molecule has 0 radical (unpaired) electrons. The second-order valence-corrected chi connectivity index (χ2v) is 35.6. The summed E-state index contributed by atoms with van der Waals surface area (Å²) in [5.74, 6) is -0.682. The molecule has 10 aliphatic rings. The van der Waals surface area contributed by atoms with Crippen LogP contribution in [0.2, 0.25) is 47.7 Å². The molecule has 10 rings (SSSR count). The zero-order valence-electron chi connectivity index (χ0n) is 12.5. The topological polar surface area (TPSA) is 63.3 Å². The van der Waals surface area contributed by atoms with E-state index in [1.54, 1.807) is 0 Å². The van der Waals surface area contributed by atoms with Crippen LogP contribution in [0.25, 0.3) is 0 Å². The van der Waals surface area contributed by atoms with E-state index in [1.807, 2.05) is 0 Å². The van der Waals surface area contributed by atoms with Gasteiger partial charge in [0.05, 0.1) is 0 Å². The van der Waals surface area contributed by atoms with Gasteiger partial charge in [-0.25, -0.2) is 0 Å². The van der Waals surface area contributed by atoms with Crippen molar-refractivity contribution in [3.05, 3.63) is 0 Å². The molecule has 10 saturated heterocycles. The van der Waals surface area contributed by atoms with Gasteiger partial charge in [-0.15, -0.1) is 0 Å². The fraction of sp³-hybridized carbons (Fsp3) is 0.941. The van der Waals surface area contributed by atoms with Crippen LogP contribution in [0.5, 0.6) is 0 Å². The van der Waals surface area contributed by atoms with Gasteiger partial charge in [0.15, 0.2) is 0 Å². The molecule has 10 heterocycles. The molecule has 21 heavy (non-hydrogen) atoms.